The largest absolute Gasteiger partial charge is 0.444 e. The minimum absolute atomic E-state index is 0.292. The maximum Gasteiger partial charge on any atom is 0.421 e. The van der Waals surface area contributed by atoms with E-state index in [-0.39, 0.29) is 0 Å². The molecule has 1 aromatic rings. The summed E-state index contributed by atoms with van der Waals surface area (Å²) < 4.78 is 5.09. The number of hydrogen-bond donors (Lipinski definition) is 3. The summed E-state index contributed by atoms with van der Waals surface area (Å²) in [4.78, 5) is 11.4. The summed E-state index contributed by atoms with van der Waals surface area (Å²) in [6.45, 7) is 2.26. The normalized spacial score (nSPS) is 16.2. The Balaban J connectivity index is 1.63. The average Bonchev–Trinajstić information content (AvgIpc) is 2.45. The van der Waals surface area contributed by atoms with Gasteiger partial charge in [0.05, 0.1) is 0 Å². The first-order chi connectivity index (χ1) is 8.84. The predicted octanol–water partition coefficient (Wildman–Crippen LogP) is 1.17. The third kappa shape index (κ3) is 4.35. The van der Waals surface area contributed by atoms with E-state index in [9.17, 15) is 4.79 Å². The molecule has 1 amide bonds. The van der Waals surface area contributed by atoms with Crippen molar-refractivity contribution >= 4 is 6.09 Å². The molecule has 5 heteroatoms. The molecule has 3 N–H and O–H groups in total. The molecular formula is C13H19N3O2. The lowest BCUT2D eigenvalue weighted by atomic mass is 10.1. The lowest BCUT2D eigenvalue weighted by Crippen LogP contribution is -2.48. The zero-order chi connectivity index (χ0) is 12.6. The highest BCUT2D eigenvalue weighted by molar-refractivity contribution is 5.66. The molecule has 98 valence electrons. The number of nitrogens with one attached hydrogen (secondary N) is 3. The topological polar surface area (TPSA) is 62.4 Å². The Labute approximate surface area is 107 Å². The fourth-order valence-electron chi connectivity index (χ4n) is 1.89. The van der Waals surface area contributed by atoms with E-state index in [1.807, 2.05) is 30.3 Å². The van der Waals surface area contributed by atoms with Crippen molar-refractivity contribution in [2.45, 2.75) is 25.5 Å². The number of hydrogen-bond acceptors (Lipinski definition) is 4. The number of rotatable bonds is 4. The van der Waals surface area contributed by atoms with Crippen molar-refractivity contribution in [2.24, 2.45) is 0 Å². The number of ether oxygens (including phenoxy) is 1. The molecule has 0 spiro atoms. The summed E-state index contributed by atoms with van der Waals surface area (Å²) in [5.74, 6) is 0. The van der Waals surface area contributed by atoms with Crippen molar-refractivity contribution < 1.29 is 9.53 Å². The molecule has 1 aliphatic rings. The molecule has 1 saturated heterocycles. The molecular weight excluding hydrogens is 230 g/mol. The molecule has 1 aromatic carbocycles. The smallest absolute Gasteiger partial charge is 0.421 e. The molecule has 0 radical (unpaired) electrons. The van der Waals surface area contributed by atoms with Crippen LogP contribution in [-0.2, 0) is 11.3 Å². The number of carbonyl (C=O) groups excluding carboxylic acids is 1. The molecule has 0 bridgehead atoms. The molecule has 0 aliphatic carbocycles. The zero-order valence-corrected chi connectivity index (χ0v) is 10.3. The molecule has 1 aliphatic heterocycles. The average molecular weight is 249 g/mol. The second kappa shape index (κ2) is 6.98. The van der Waals surface area contributed by atoms with Gasteiger partial charge in [-0.2, -0.15) is 0 Å². The van der Waals surface area contributed by atoms with Gasteiger partial charge in [-0.05, 0) is 31.5 Å². The van der Waals surface area contributed by atoms with Crippen LogP contribution >= 0.6 is 0 Å². The molecule has 0 unspecified atom stereocenters. The van der Waals surface area contributed by atoms with E-state index in [0.717, 1.165) is 31.5 Å². The third-order valence-electron chi connectivity index (χ3n) is 2.93. The van der Waals surface area contributed by atoms with E-state index in [4.69, 9.17) is 4.74 Å². The first-order valence-electron chi connectivity index (χ1n) is 6.27. The summed E-state index contributed by atoms with van der Waals surface area (Å²) in [6.07, 6.45) is 1.59. The number of benzene rings is 1. The van der Waals surface area contributed by atoms with E-state index in [0.29, 0.717) is 12.6 Å². The SMILES string of the molecule is O=C(NNC1CCNCC1)OCc1ccccc1. The highest BCUT2D eigenvalue weighted by Gasteiger charge is 2.13. The second-order valence-electron chi connectivity index (χ2n) is 4.36. The lowest BCUT2D eigenvalue weighted by Gasteiger charge is -2.23. The highest BCUT2D eigenvalue weighted by atomic mass is 16.6. The number of hydrazine groups is 1. The molecule has 1 heterocycles. The quantitative estimate of drug-likeness (QED) is 0.701. The van der Waals surface area contributed by atoms with Gasteiger partial charge in [-0.15, -0.1) is 0 Å². The van der Waals surface area contributed by atoms with E-state index in [2.05, 4.69) is 16.2 Å². The Morgan fingerprint density at radius 2 is 2.00 bits per heavy atom. The Morgan fingerprint density at radius 1 is 1.28 bits per heavy atom. The molecule has 1 fully saturated rings. The minimum Gasteiger partial charge on any atom is -0.444 e. The van der Waals surface area contributed by atoms with Crippen LogP contribution < -0.4 is 16.2 Å². The van der Waals surface area contributed by atoms with Crippen LogP contribution in [-0.4, -0.2) is 25.2 Å². The van der Waals surface area contributed by atoms with Crippen LogP contribution in [0, 0.1) is 0 Å². The third-order valence-corrected chi connectivity index (χ3v) is 2.93. The highest BCUT2D eigenvalue weighted by Crippen LogP contribution is 2.01. The Morgan fingerprint density at radius 3 is 2.72 bits per heavy atom. The van der Waals surface area contributed by atoms with Crippen molar-refractivity contribution in [3.8, 4) is 0 Å². The van der Waals surface area contributed by atoms with E-state index >= 15 is 0 Å². The second-order valence-corrected chi connectivity index (χ2v) is 4.36. The van der Waals surface area contributed by atoms with Gasteiger partial charge in [-0.25, -0.2) is 10.2 Å². The summed E-state index contributed by atoms with van der Waals surface area (Å²) >= 11 is 0. The van der Waals surface area contributed by atoms with Crippen molar-refractivity contribution in [2.75, 3.05) is 13.1 Å². The van der Waals surface area contributed by atoms with Gasteiger partial charge in [0.15, 0.2) is 0 Å². The molecule has 0 saturated carbocycles. The first kappa shape index (κ1) is 12.9. The van der Waals surface area contributed by atoms with Crippen LogP contribution in [0.5, 0.6) is 0 Å². The summed E-state index contributed by atoms with van der Waals surface area (Å²) in [7, 11) is 0. The zero-order valence-electron chi connectivity index (χ0n) is 10.3. The number of piperidine rings is 1. The van der Waals surface area contributed by atoms with Gasteiger partial charge in [0.25, 0.3) is 0 Å². The van der Waals surface area contributed by atoms with Gasteiger partial charge in [-0.3, -0.25) is 5.43 Å². The molecule has 2 rings (SSSR count). The Kier molecular flexibility index (Phi) is 4.99. The van der Waals surface area contributed by atoms with Crippen LogP contribution in [0.1, 0.15) is 18.4 Å². The summed E-state index contributed by atoms with van der Waals surface area (Å²) in [6, 6.07) is 9.95. The van der Waals surface area contributed by atoms with Gasteiger partial charge >= 0.3 is 6.09 Å². The maximum atomic E-state index is 11.4. The Bertz CT molecular complexity index is 364. The maximum absolute atomic E-state index is 11.4. The van der Waals surface area contributed by atoms with Gasteiger partial charge in [0, 0.05) is 6.04 Å². The van der Waals surface area contributed by atoms with Gasteiger partial charge < -0.3 is 10.1 Å². The van der Waals surface area contributed by atoms with E-state index in [1.165, 1.54) is 0 Å². The van der Waals surface area contributed by atoms with Crippen LogP contribution in [0.3, 0.4) is 0 Å². The standard InChI is InChI=1S/C13H19N3O2/c17-13(16-15-12-6-8-14-9-7-12)18-10-11-4-2-1-3-5-11/h1-5,12,14-15H,6-10H2,(H,16,17). The molecule has 0 atom stereocenters. The van der Waals surface area contributed by atoms with E-state index in [1.54, 1.807) is 0 Å². The summed E-state index contributed by atoms with van der Waals surface area (Å²) in [5.41, 5.74) is 6.56. The Hall–Kier alpha value is -1.59. The van der Waals surface area contributed by atoms with Crippen LogP contribution in [0.25, 0.3) is 0 Å². The first-order valence-corrected chi connectivity index (χ1v) is 6.27. The lowest BCUT2D eigenvalue weighted by molar-refractivity contribution is 0.131. The van der Waals surface area contributed by atoms with Crippen LogP contribution in [0.2, 0.25) is 0 Å². The number of amides is 1. The van der Waals surface area contributed by atoms with Crippen LogP contribution in [0.4, 0.5) is 4.79 Å². The fourth-order valence-corrected chi connectivity index (χ4v) is 1.89. The minimum atomic E-state index is -0.433. The monoisotopic (exact) mass is 249 g/mol. The van der Waals surface area contributed by atoms with Gasteiger partial charge in [0.2, 0.25) is 0 Å². The van der Waals surface area contributed by atoms with Crippen molar-refractivity contribution in [1.29, 1.82) is 0 Å². The predicted molar refractivity (Wildman–Crippen MR) is 68.8 cm³/mol. The summed E-state index contributed by atoms with van der Waals surface area (Å²) in [5, 5.41) is 3.27. The van der Waals surface area contributed by atoms with Crippen molar-refractivity contribution in [3.05, 3.63) is 35.9 Å². The van der Waals surface area contributed by atoms with Crippen LogP contribution in [0.15, 0.2) is 30.3 Å². The molecule has 0 aromatic heterocycles. The van der Waals surface area contributed by atoms with Crippen molar-refractivity contribution in [1.82, 2.24) is 16.2 Å². The van der Waals surface area contributed by atoms with Gasteiger partial charge in [-0.1, -0.05) is 30.3 Å². The molecule has 5 nitrogen and oxygen atoms in total. The van der Waals surface area contributed by atoms with Crippen molar-refractivity contribution in [3.63, 3.8) is 0 Å². The van der Waals surface area contributed by atoms with Gasteiger partial charge in [0.1, 0.15) is 6.61 Å². The molecule has 18 heavy (non-hydrogen) atoms. The number of carbonyl (C=O) groups is 1. The van der Waals surface area contributed by atoms with E-state index < -0.39 is 6.09 Å². The fraction of sp³-hybridized carbons (Fsp3) is 0.462.